The molecule has 0 unspecified atom stereocenters. The molecular formula is C15H21N3. The lowest BCUT2D eigenvalue weighted by atomic mass is 10.1. The smallest absolute Gasteiger partial charge is 0.110 e. The number of nitrogens with two attached hydrogens (primary N) is 1. The van der Waals surface area contributed by atoms with Gasteiger partial charge in [0, 0.05) is 13.0 Å². The van der Waals surface area contributed by atoms with E-state index in [1.165, 1.54) is 11.1 Å². The summed E-state index contributed by atoms with van der Waals surface area (Å²) < 4.78 is 2.23. The highest BCUT2D eigenvalue weighted by Gasteiger charge is 2.09. The van der Waals surface area contributed by atoms with E-state index in [9.17, 15) is 0 Å². The lowest BCUT2D eigenvalue weighted by Gasteiger charge is -2.05. The lowest BCUT2D eigenvalue weighted by Crippen LogP contribution is -2.06. The van der Waals surface area contributed by atoms with Crippen LogP contribution in [0.5, 0.6) is 0 Å². The number of fused-ring (bicyclic) bond motifs is 1. The molecule has 0 atom stereocenters. The van der Waals surface area contributed by atoms with Crippen LogP contribution in [0.25, 0.3) is 11.0 Å². The highest BCUT2D eigenvalue weighted by molar-refractivity contribution is 5.77. The summed E-state index contributed by atoms with van der Waals surface area (Å²) in [4.78, 5) is 4.74. The Balaban J connectivity index is 2.47. The number of imidazole rings is 1. The van der Waals surface area contributed by atoms with Gasteiger partial charge in [-0.1, -0.05) is 19.1 Å². The van der Waals surface area contributed by atoms with Crippen LogP contribution in [0.1, 0.15) is 24.7 Å². The van der Waals surface area contributed by atoms with E-state index in [0.717, 1.165) is 37.1 Å². The molecule has 0 saturated heterocycles. The predicted octanol–water partition coefficient (Wildman–Crippen LogP) is 2.68. The van der Waals surface area contributed by atoms with Crippen molar-refractivity contribution in [2.75, 3.05) is 6.54 Å². The van der Waals surface area contributed by atoms with Gasteiger partial charge in [0.2, 0.25) is 0 Å². The summed E-state index contributed by atoms with van der Waals surface area (Å²) in [6, 6.07) is 6.52. The van der Waals surface area contributed by atoms with Gasteiger partial charge in [-0.25, -0.2) is 4.98 Å². The van der Waals surface area contributed by atoms with Crippen molar-refractivity contribution in [1.29, 1.82) is 0 Å². The van der Waals surface area contributed by atoms with Crippen LogP contribution in [0.2, 0.25) is 0 Å². The van der Waals surface area contributed by atoms with E-state index in [1.54, 1.807) is 0 Å². The molecule has 3 heteroatoms. The van der Waals surface area contributed by atoms with Crippen LogP contribution < -0.4 is 5.73 Å². The molecule has 96 valence electrons. The van der Waals surface area contributed by atoms with E-state index in [0.29, 0.717) is 6.54 Å². The van der Waals surface area contributed by atoms with E-state index in [4.69, 9.17) is 10.7 Å². The van der Waals surface area contributed by atoms with E-state index in [2.05, 4.69) is 36.3 Å². The Bertz CT molecular complexity index is 540. The molecular weight excluding hydrogens is 222 g/mol. The molecule has 0 bridgehead atoms. The van der Waals surface area contributed by atoms with Gasteiger partial charge >= 0.3 is 0 Å². The Morgan fingerprint density at radius 1 is 1.44 bits per heavy atom. The molecule has 0 spiro atoms. The number of nitrogens with zero attached hydrogens (tertiary/aromatic N) is 2. The molecule has 0 amide bonds. The number of hydrogen-bond acceptors (Lipinski definition) is 2. The molecule has 2 aromatic rings. The molecule has 0 aliphatic carbocycles. The summed E-state index contributed by atoms with van der Waals surface area (Å²) in [5, 5.41) is 0. The Labute approximate surface area is 108 Å². The Morgan fingerprint density at radius 2 is 2.28 bits per heavy atom. The van der Waals surface area contributed by atoms with Crippen LogP contribution in [-0.4, -0.2) is 16.1 Å². The zero-order valence-corrected chi connectivity index (χ0v) is 11.0. The first-order valence-electron chi connectivity index (χ1n) is 6.59. The summed E-state index contributed by atoms with van der Waals surface area (Å²) in [6.07, 6.45) is 4.87. The summed E-state index contributed by atoms with van der Waals surface area (Å²) in [5.41, 5.74) is 9.19. The van der Waals surface area contributed by atoms with Gasteiger partial charge in [0.15, 0.2) is 0 Å². The van der Waals surface area contributed by atoms with Crippen LogP contribution in [0.3, 0.4) is 0 Å². The Hall–Kier alpha value is -1.61. The fraction of sp³-hybridized carbons (Fsp3) is 0.400. The normalized spacial score (nSPS) is 11.0. The minimum absolute atomic E-state index is 0.706. The molecule has 2 rings (SSSR count). The quantitative estimate of drug-likeness (QED) is 0.793. The standard InChI is InChI=1S/C15H21N3/c1-3-10-18-14-8-7-12(4-2)11-13(14)17-15(18)6-5-9-16/h3,7-8,11H,1,4-6,9-10,16H2,2H3. The largest absolute Gasteiger partial charge is 0.330 e. The fourth-order valence-electron chi connectivity index (χ4n) is 2.23. The van der Waals surface area contributed by atoms with Gasteiger partial charge in [0.1, 0.15) is 5.82 Å². The third-order valence-electron chi connectivity index (χ3n) is 3.22. The average molecular weight is 243 g/mol. The molecule has 18 heavy (non-hydrogen) atoms. The topological polar surface area (TPSA) is 43.8 Å². The van der Waals surface area contributed by atoms with Crippen molar-refractivity contribution in [3.63, 3.8) is 0 Å². The first kappa shape index (κ1) is 12.8. The zero-order chi connectivity index (χ0) is 13.0. The molecule has 0 aliphatic heterocycles. The van der Waals surface area contributed by atoms with Gasteiger partial charge in [0.05, 0.1) is 11.0 Å². The lowest BCUT2D eigenvalue weighted by molar-refractivity contribution is 0.712. The van der Waals surface area contributed by atoms with E-state index in [1.807, 2.05) is 6.08 Å². The first-order chi connectivity index (χ1) is 8.80. The van der Waals surface area contributed by atoms with Crippen LogP contribution in [0.15, 0.2) is 30.9 Å². The van der Waals surface area contributed by atoms with Crippen molar-refractivity contribution in [3.8, 4) is 0 Å². The number of rotatable bonds is 6. The van der Waals surface area contributed by atoms with E-state index in [-0.39, 0.29) is 0 Å². The van der Waals surface area contributed by atoms with Crippen molar-refractivity contribution in [3.05, 3.63) is 42.2 Å². The number of allylic oxidation sites excluding steroid dienone is 1. The maximum Gasteiger partial charge on any atom is 0.110 e. The molecule has 0 saturated carbocycles. The summed E-state index contributed by atoms with van der Waals surface area (Å²) in [7, 11) is 0. The highest BCUT2D eigenvalue weighted by atomic mass is 15.1. The van der Waals surface area contributed by atoms with Gasteiger partial charge in [-0.15, -0.1) is 6.58 Å². The number of benzene rings is 1. The summed E-state index contributed by atoms with van der Waals surface area (Å²) in [5.74, 6) is 1.11. The van der Waals surface area contributed by atoms with Crippen LogP contribution in [-0.2, 0) is 19.4 Å². The first-order valence-corrected chi connectivity index (χ1v) is 6.59. The number of aryl methyl sites for hydroxylation is 2. The Kier molecular flexibility index (Phi) is 4.15. The van der Waals surface area contributed by atoms with Crippen LogP contribution >= 0.6 is 0 Å². The van der Waals surface area contributed by atoms with Gasteiger partial charge in [-0.3, -0.25) is 0 Å². The van der Waals surface area contributed by atoms with Crippen molar-refractivity contribution in [2.45, 2.75) is 32.7 Å². The number of hydrogen-bond donors (Lipinski definition) is 1. The van der Waals surface area contributed by atoms with Crippen molar-refractivity contribution in [2.24, 2.45) is 5.73 Å². The van der Waals surface area contributed by atoms with Crippen LogP contribution in [0.4, 0.5) is 0 Å². The summed E-state index contributed by atoms with van der Waals surface area (Å²) >= 11 is 0. The number of aromatic nitrogens is 2. The molecule has 1 aromatic carbocycles. The van der Waals surface area contributed by atoms with Gasteiger partial charge in [0.25, 0.3) is 0 Å². The molecule has 1 aromatic heterocycles. The zero-order valence-electron chi connectivity index (χ0n) is 11.0. The van der Waals surface area contributed by atoms with E-state index >= 15 is 0 Å². The van der Waals surface area contributed by atoms with Gasteiger partial charge in [-0.2, -0.15) is 0 Å². The molecule has 2 N–H and O–H groups in total. The van der Waals surface area contributed by atoms with Crippen molar-refractivity contribution < 1.29 is 0 Å². The average Bonchev–Trinajstić information content (AvgIpc) is 2.74. The maximum absolute atomic E-state index is 5.58. The highest BCUT2D eigenvalue weighted by Crippen LogP contribution is 2.19. The molecule has 3 nitrogen and oxygen atoms in total. The Morgan fingerprint density at radius 3 is 2.94 bits per heavy atom. The third-order valence-corrected chi connectivity index (χ3v) is 3.22. The second-order valence-corrected chi connectivity index (χ2v) is 4.50. The third kappa shape index (κ3) is 2.46. The predicted molar refractivity (Wildman–Crippen MR) is 76.7 cm³/mol. The molecule has 1 heterocycles. The van der Waals surface area contributed by atoms with E-state index < -0.39 is 0 Å². The minimum atomic E-state index is 0.706. The SMILES string of the molecule is C=CCn1c(CCCN)nc2cc(CC)ccc21. The molecule has 0 fully saturated rings. The van der Waals surface area contributed by atoms with Gasteiger partial charge < -0.3 is 10.3 Å². The van der Waals surface area contributed by atoms with Gasteiger partial charge in [-0.05, 0) is 37.1 Å². The van der Waals surface area contributed by atoms with Crippen molar-refractivity contribution >= 4 is 11.0 Å². The fourth-order valence-corrected chi connectivity index (χ4v) is 2.23. The molecule has 0 aliphatic rings. The molecule has 0 radical (unpaired) electrons. The van der Waals surface area contributed by atoms with Crippen molar-refractivity contribution in [1.82, 2.24) is 9.55 Å². The second-order valence-electron chi connectivity index (χ2n) is 4.50. The van der Waals surface area contributed by atoms with Crippen LogP contribution in [0, 0.1) is 0 Å². The minimum Gasteiger partial charge on any atom is -0.330 e. The maximum atomic E-state index is 5.58. The second kappa shape index (κ2) is 5.83. The summed E-state index contributed by atoms with van der Waals surface area (Å²) in [6.45, 7) is 7.50. The monoisotopic (exact) mass is 243 g/mol.